The zero-order valence-corrected chi connectivity index (χ0v) is 17.6. The van der Waals surface area contributed by atoms with E-state index in [4.69, 9.17) is 4.52 Å². The summed E-state index contributed by atoms with van der Waals surface area (Å²) in [5.41, 5.74) is -3.19. The largest absolute Gasteiger partial charge is 0.430 e. The first-order valence-corrected chi connectivity index (χ1v) is 10.1. The van der Waals surface area contributed by atoms with Crippen LogP contribution in [-0.4, -0.2) is 28.7 Å². The van der Waals surface area contributed by atoms with E-state index in [0.29, 0.717) is 35.3 Å². The molecule has 3 aromatic rings. The number of aryl methyl sites for hydroxylation is 1. The van der Waals surface area contributed by atoms with Crippen molar-refractivity contribution in [1.82, 2.24) is 5.16 Å². The first-order valence-electron chi connectivity index (χ1n) is 10.1. The van der Waals surface area contributed by atoms with Gasteiger partial charge in [-0.25, -0.2) is 0 Å². The molecule has 0 radical (unpaired) electrons. The minimum Gasteiger partial charge on any atom is -0.369 e. The van der Waals surface area contributed by atoms with Gasteiger partial charge in [0.25, 0.3) is 5.60 Å². The lowest BCUT2D eigenvalue weighted by atomic mass is 9.90. The smallest absolute Gasteiger partial charge is 0.369 e. The average molecular weight is 470 g/mol. The van der Waals surface area contributed by atoms with E-state index >= 15 is 0 Å². The number of hydrogen-bond acceptors (Lipinski definition) is 4. The molecule has 0 amide bonds. The van der Waals surface area contributed by atoms with Gasteiger partial charge in [-0.3, -0.25) is 0 Å². The van der Waals surface area contributed by atoms with Gasteiger partial charge in [0.1, 0.15) is 11.5 Å². The molecule has 1 aliphatic heterocycles. The Bertz CT molecular complexity index is 1140. The minimum atomic E-state index is -5.92. The van der Waals surface area contributed by atoms with Gasteiger partial charge < -0.3 is 14.5 Å². The Labute approximate surface area is 185 Å². The first-order chi connectivity index (χ1) is 15.3. The van der Waals surface area contributed by atoms with Crippen molar-refractivity contribution in [1.29, 1.82) is 0 Å². The van der Waals surface area contributed by atoms with Gasteiger partial charge in [0, 0.05) is 35.0 Å². The number of alkyl halides is 6. The van der Waals surface area contributed by atoms with Crippen molar-refractivity contribution in [2.75, 3.05) is 4.90 Å². The molecule has 1 unspecified atom stereocenters. The van der Waals surface area contributed by atoms with Crippen molar-refractivity contribution in [3.05, 3.63) is 71.0 Å². The van der Waals surface area contributed by atoms with Crippen LogP contribution >= 0.6 is 0 Å². The Morgan fingerprint density at radius 2 is 1.67 bits per heavy atom. The fourth-order valence-electron chi connectivity index (χ4n) is 4.22. The summed E-state index contributed by atoms with van der Waals surface area (Å²) in [5, 5.41) is 13.9. The summed E-state index contributed by atoms with van der Waals surface area (Å²) in [7, 11) is 0. The molecule has 0 saturated heterocycles. The standard InChI is InChI=1S/C23H20F6N2O2/c1-13-10-16-11-17(21(32,22(24,25)26)23(27,28)29)8-9-19(16)31(13)12-18-14(2)33-30-20(18)15-6-4-3-5-7-15/h3-9,11,13,32H,10,12H2,1-2H3. The maximum absolute atomic E-state index is 13.3. The minimum absolute atomic E-state index is 0.210. The van der Waals surface area contributed by atoms with E-state index in [9.17, 15) is 31.4 Å². The molecule has 0 bridgehead atoms. The normalized spacial score (nSPS) is 16.9. The van der Waals surface area contributed by atoms with Crippen molar-refractivity contribution >= 4 is 5.69 Å². The Morgan fingerprint density at radius 1 is 1.03 bits per heavy atom. The highest BCUT2D eigenvalue weighted by atomic mass is 19.4. The second kappa shape index (κ2) is 7.79. The second-order valence-corrected chi connectivity index (χ2v) is 8.16. The molecule has 1 aromatic heterocycles. The third kappa shape index (κ3) is 3.76. The SMILES string of the molecule is Cc1onc(-c2ccccc2)c1CN1c2ccc(C(O)(C(F)(F)F)C(F)(F)F)cc2CC1C. The number of anilines is 1. The maximum atomic E-state index is 13.3. The van der Waals surface area contributed by atoms with Gasteiger partial charge in [0.15, 0.2) is 0 Å². The van der Waals surface area contributed by atoms with Crippen LogP contribution < -0.4 is 4.90 Å². The van der Waals surface area contributed by atoms with Crippen LogP contribution in [0.3, 0.4) is 0 Å². The molecular formula is C23H20F6N2O2. The summed E-state index contributed by atoms with van der Waals surface area (Å²) in [6.07, 6.45) is -11.6. The molecule has 1 N–H and O–H groups in total. The molecule has 0 saturated carbocycles. The Kier molecular flexibility index (Phi) is 5.47. The zero-order chi connectivity index (χ0) is 24.2. The van der Waals surface area contributed by atoms with Gasteiger partial charge in [-0.05, 0) is 31.9 Å². The van der Waals surface area contributed by atoms with E-state index in [1.807, 2.05) is 42.2 Å². The highest BCUT2D eigenvalue weighted by Crippen LogP contribution is 2.51. The number of rotatable bonds is 4. The monoisotopic (exact) mass is 470 g/mol. The predicted molar refractivity (Wildman–Crippen MR) is 108 cm³/mol. The number of fused-ring (bicyclic) bond motifs is 1. The summed E-state index contributed by atoms with van der Waals surface area (Å²) in [5.74, 6) is 0.564. The van der Waals surface area contributed by atoms with Crippen molar-refractivity contribution in [2.24, 2.45) is 0 Å². The molecule has 10 heteroatoms. The van der Waals surface area contributed by atoms with Gasteiger partial charge in [-0.15, -0.1) is 0 Å². The van der Waals surface area contributed by atoms with Gasteiger partial charge >= 0.3 is 12.4 Å². The number of nitrogens with zero attached hydrogens (tertiary/aromatic N) is 2. The van der Waals surface area contributed by atoms with Crippen LogP contribution in [0.25, 0.3) is 11.3 Å². The maximum Gasteiger partial charge on any atom is 0.430 e. The molecular weight excluding hydrogens is 450 g/mol. The highest BCUT2D eigenvalue weighted by molar-refractivity contribution is 5.66. The summed E-state index contributed by atoms with van der Waals surface area (Å²) in [4.78, 5) is 1.88. The molecule has 1 atom stereocenters. The van der Waals surface area contributed by atoms with Crippen LogP contribution in [-0.2, 0) is 18.6 Å². The highest BCUT2D eigenvalue weighted by Gasteiger charge is 2.71. The summed E-state index contributed by atoms with van der Waals surface area (Å²) < 4.78 is 85.1. The molecule has 4 rings (SSSR count). The lowest BCUT2D eigenvalue weighted by Crippen LogP contribution is -2.53. The van der Waals surface area contributed by atoms with Crippen molar-refractivity contribution in [3.63, 3.8) is 0 Å². The fourth-order valence-corrected chi connectivity index (χ4v) is 4.22. The molecule has 176 valence electrons. The summed E-state index contributed by atoms with van der Waals surface area (Å²) in [6.45, 7) is 3.87. The van der Waals surface area contributed by atoms with Crippen LogP contribution in [0.5, 0.6) is 0 Å². The molecule has 0 fully saturated rings. The Hall–Kier alpha value is -3.01. The summed E-state index contributed by atoms with van der Waals surface area (Å²) in [6, 6.07) is 11.7. The molecule has 0 spiro atoms. The molecule has 1 aliphatic rings. The van der Waals surface area contributed by atoms with Crippen LogP contribution in [0.15, 0.2) is 53.1 Å². The zero-order valence-electron chi connectivity index (χ0n) is 17.6. The van der Waals surface area contributed by atoms with Crippen LogP contribution in [0.2, 0.25) is 0 Å². The average Bonchev–Trinajstić information content (AvgIpc) is 3.25. The topological polar surface area (TPSA) is 49.5 Å². The lowest BCUT2D eigenvalue weighted by Gasteiger charge is -2.33. The van der Waals surface area contributed by atoms with E-state index in [2.05, 4.69) is 5.16 Å². The van der Waals surface area contributed by atoms with Gasteiger partial charge in [0.2, 0.25) is 0 Å². The van der Waals surface area contributed by atoms with E-state index < -0.39 is 23.5 Å². The van der Waals surface area contributed by atoms with Crippen molar-refractivity contribution < 1.29 is 36.0 Å². The lowest BCUT2D eigenvalue weighted by molar-refractivity contribution is -0.376. The fraction of sp³-hybridized carbons (Fsp3) is 0.348. The van der Waals surface area contributed by atoms with Gasteiger partial charge in [-0.2, -0.15) is 26.3 Å². The van der Waals surface area contributed by atoms with E-state index in [1.165, 1.54) is 6.07 Å². The number of hydrogen-bond donors (Lipinski definition) is 1. The molecule has 2 aromatic carbocycles. The predicted octanol–water partition coefficient (Wildman–Crippen LogP) is 5.91. The van der Waals surface area contributed by atoms with Gasteiger partial charge in [-0.1, -0.05) is 47.6 Å². The molecule has 0 aliphatic carbocycles. The van der Waals surface area contributed by atoms with E-state index in [1.54, 1.807) is 6.92 Å². The number of aromatic nitrogens is 1. The van der Waals surface area contributed by atoms with E-state index in [-0.39, 0.29) is 12.5 Å². The third-order valence-electron chi connectivity index (χ3n) is 6.03. The van der Waals surface area contributed by atoms with Crippen LogP contribution in [0, 0.1) is 6.92 Å². The first kappa shape index (κ1) is 23.2. The van der Waals surface area contributed by atoms with Crippen molar-refractivity contribution in [2.45, 2.75) is 50.8 Å². The Balaban J connectivity index is 1.72. The Morgan fingerprint density at radius 3 is 2.27 bits per heavy atom. The quantitative estimate of drug-likeness (QED) is 0.482. The van der Waals surface area contributed by atoms with Crippen LogP contribution in [0.1, 0.15) is 29.4 Å². The molecule has 2 heterocycles. The molecule has 33 heavy (non-hydrogen) atoms. The number of aliphatic hydroxyl groups is 1. The third-order valence-corrected chi connectivity index (χ3v) is 6.03. The van der Waals surface area contributed by atoms with Crippen LogP contribution in [0.4, 0.5) is 32.0 Å². The van der Waals surface area contributed by atoms with Gasteiger partial charge in [0.05, 0.1) is 0 Å². The van der Waals surface area contributed by atoms with Crippen molar-refractivity contribution in [3.8, 4) is 11.3 Å². The summed E-state index contributed by atoms with van der Waals surface area (Å²) >= 11 is 0. The molecule has 4 nitrogen and oxygen atoms in total. The number of halogens is 6. The van der Waals surface area contributed by atoms with E-state index in [0.717, 1.165) is 17.2 Å². The number of benzene rings is 2. The second-order valence-electron chi connectivity index (χ2n) is 8.16.